The Morgan fingerprint density at radius 1 is 0.800 bits per heavy atom. The first-order valence-corrected chi connectivity index (χ1v) is 9.11. The molecule has 0 spiro atoms. The molecule has 0 fully saturated rings. The summed E-state index contributed by atoms with van der Waals surface area (Å²) in [5, 5.41) is 0. The van der Waals surface area contributed by atoms with E-state index in [-0.39, 0.29) is 0 Å². The van der Waals surface area contributed by atoms with Gasteiger partial charge in [-0.15, -0.1) is 0 Å². The second-order valence-electron chi connectivity index (χ2n) is 6.80. The smallest absolute Gasteiger partial charge is 0.132 e. The third-order valence-corrected chi connectivity index (χ3v) is 4.43. The molecule has 0 aromatic carbocycles. The Morgan fingerprint density at radius 3 is 2.00 bits per heavy atom. The van der Waals surface area contributed by atoms with Crippen molar-refractivity contribution in [3.05, 3.63) is 0 Å². The summed E-state index contributed by atoms with van der Waals surface area (Å²) in [6.07, 6.45) is 14.6. The van der Waals surface area contributed by atoms with Gasteiger partial charge in [-0.2, -0.15) is 0 Å². The van der Waals surface area contributed by atoms with Crippen molar-refractivity contribution < 1.29 is 4.79 Å². The first kappa shape index (κ1) is 19.7. The number of unbranched alkanes of at least 4 members (excludes halogenated alkanes) is 5. The number of hydrogen-bond donors (Lipinski definition) is 0. The van der Waals surface area contributed by atoms with Crippen LogP contribution in [-0.4, -0.2) is 5.78 Å². The minimum Gasteiger partial charge on any atom is -0.300 e. The summed E-state index contributed by atoms with van der Waals surface area (Å²) in [4.78, 5) is 11.4. The molecule has 0 radical (unpaired) electrons. The van der Waals surface area contributed by atoms with Gasteiger partial charge in [0.1, 0.15) is 5.78 Å². The Labute approximate surface area is 127 Å². The van der Waals surface area contributed by atoms with E-state index in [0.717, 1.165) is 37.5 Å². The van der Waals surface area contributed by atoms with Crippen molar-refractivity contribution in [1.29, 1.82) is 0 Å². The van der Waals surface area contributed by atoms with E-state index in [9.17, 15) is 4.79 Å². The highest BCUT2D eigenvalue weighted by Gasteiger charge is 2.06. The quantitative estimate of drug-likeness (QED) is 0.330. The van der Waals surface area contributed by atoms with Crippen molar-refractivity contribution in [3.63, 3.8) is 0 Å². The van der Waals surface area contributed by atoms with E-state index in [2.05, 4.69) is 27.7 Å². The summed E-state index contributed by atoms with van der Waals surface area (Å²) >= 11 is 0. The standard InChI is InChI=1S/C19H38O/c1-5-13-19(20)15-12-10-8-7-9-11-14-18(4)16-17(3)6-2/h17-18H,5-16H2,1-4H3. The summed E-state index contributed by atoms with van der Waals surface area (Å²) in [5.41, 5.74) is 0. The maximum atomic E-state index is 11.4. The Morgan fingerprint density at radius 2 is 1.40 bits per heavy atom. The van der Waals surface area contributed by atoms with Crippen molar-refractivity contribution in [3.8, 4) is 0 Å². The van der Waals surface area contributed by atoms with Crippen LogP contribution in [0.1, 0.15) is 105 Å². The summed E-state index contributed by atoms with van der Waals surface area (Å²) in [7, 11) is 0. The highest BCUT2D eigenvalue weighted by molar-refractivity contribution is 5.78. The van der Waals surface area contributed by atoms with Crippen LogP contribution in [-0.2, 0) is 4.79 Å². The minimum absolute atomic E-state index is 0.464. The zero-order valence-corrected chi connectivity index (χ0v) is 14.5. The average Bonchev–Trinajstić information content (AvgIpc) is 2.41. The fraction of sp³-hybridized carbons (Fsp3) is 0.947. The SMILES string of the molecule is CCCC(=O)CCCCCCCCC(C)CC(C)CC. The zero-order chi connectivity index (χ0) is 15.2. The van der Waals surface area contributed by atoms with Crippen LogP contribution in [0.15, 0.2) is 0 Å². The Balaban J connectivity index is 3.26. The van der Waals surface area contributed by atoms with Gasteiger partial charge in [-0.1, -0.05) is 72.6 Å². The van der Waals surface area contributed by atoms with Crippen LogP contribution in [0.4, 0.5) is 0 Å². The molecule has 1 heteroatoms. The molecule has 0 saturated heterocycles. The topological polar surface area (TPSA) is 17.1 Å². The third kappa shape index (κ3) is 12.7. The number of ketones is 1. The van der Waals surface area contributed by atoms with E-state index in [4.69, 9.17) is 0 Å². The second kappa shape index (κ2) is 13.6. The molecular formula is C19H38O. The van der Waals surface area contributed by atoms with Crippen LogP contribution >= 0.6 is 0 Å². The van der Waals surface area contributed by atoms with Crippen LogP contribution in [0, 0.1) is 11.8 Å². The Bertz CT molecular complexity index is 222. The molecule has 0 aromatic heterocycles. The van der Waals surface area contributed by atoms with Crippen LogP contribution in [0.3, 0.4) is 0 Å². The van der Waals surface area contributed by atoms with Crippen molar-refractivity contribution in [2.24, 2.45) is 11.8 Å². The van der Waals surface area contributed by atoms with Crippen LogP contribution in [0.5, 0.6) is 0 Å². The Kier molecular flexibility index (Phi) is 13.4. The molecule has 120 valence electrons. The lowest BCUT2D eigenvalue weighted by Crippen LogP contribution is -2.02. The first-order chi connectivity index (χ1) is 9.60. The van der Waals surface area contributed by atoms with Gasteiger partial charge in [0, 0.05) is 12.8 Å². The van der Waals surface area contributed by atoms with Crippen molar-refractivity contribution in [2.75, 3.05) is 0 Å². The average molecular weight is 283 g/mol. The summed E-state index contributed by atoms with van der Waals surface area (Å²) in [6, 6.07) is 0. The maximum absolute atomic E-state index is 11.4. The third-order valence-electron chi connectivity index (χ3n) is 4.43. The molecule has 0 aliphatic heterocycles. The fourth-order valence-electron chi connectivity index (χ4n) is 2.90. The van der Waals surface area contributed by atoms with Crippen LogP contribution in [0.25, 0.3) is 0 Å². The second-order valence-corrected chi connectivity index (χ2v) is 6.80. The molecule has 0 saturated carbocycles. The number of hydrogen-bond acceptors (Lipinski definition) is 1. The molecule has 1 nitrogen and oxygen atoms in total. The molecule has 0 heterocycles. The highest BCUT2D eigenvalue weighted by atomic mass is 16.1. The van der Waals surface area contributed by atoms with Crippen molar-refractivity contribution in [1.82, 2.24) is 0 Å². The van der Waals surface area contributed by atoms with E-state index in [1.54, 1.807) is 0 Å². The summed E-state index contributed by atoms with van der Waals surface area (Å²) < 4.78 is 0. The summed E-state index contributed by atoms with van der Waals surface area (Å²) in [6.45, 7) is 9.16. The van der Waals surface area contributed by atoms with E-state index in [1.807, 2.05) is 0 Å². The van der Waals surface area contributed by atoms with Gasteiger partial charge in [0.15, 0.2) is 0 Å². The monoisotopic (exact) mass is 282 g/mol. The van der Waals surface area contributed by atoms with Gasteiger partial charge in [-0.3, -0.25) is 4.79 Å². The molecule has 0 amide bonds. The lowest BCUT2D eigenvalue weighted by Gasteiger charge is -2.15. The molecule has 0 aliphatic carbocycles. The highest BCUT2D eigenvalue weighted by Crippen LogP contribution is 2.20. The van der Waals surface area contributed by atoms with E-state index in [0.29, 0.717) is 5.78 Å². The fourth-order valence-corrected chi connectivity index (χ4v) is 2.90. The molecule has 20 heavy (non-hydrogen) atoms. The molecule has 0 N–H and O–H groups in total. The van der Waals surface area contributed by atoms with Crippen molar-refractivity contribution >= 4 is 5.78 Å². The van der Waals surface area contributed by atoms with E-state index in [1.165, 1.54) is 51.4 Å². The maximum Gasteiger partial charge on any atom is 0.132 e. The van der Waals surface area contributed by atoms with E-state index < -0.39 is 0 Å². The zero-order valence-electron chi connectivity index (χ0n) is 14.5. The number of rotatable bonds is 14. The van der Waals surface area contributed by atoms with Gasteiger partial charge >= 0.3 is 0 Å². The molecule has 0 bridgehead atoms. The minimum atomic E-state index is 0.464. The van der Waals surface area contributed by atoms with Gasteiger partial charge in [-0.25, -0.2) is 0 Å². The number of carbonyl (C=O) groups is 1. The van der Waals surface area contributed by atoms with Crippen LogP contribution in [0.2, 0.25) is 0 Å². The predicted octanol–water partition coefficient (Wildman–Crippen LogP) is 6.55. The lowest BCUT2D eigenvalue weighted by atomic mass is 9.91. The lowest BCUT2D eigenvalue weighted by molar-refractivity contribution is -0.119. The molecule has 2 atom stereocenters. The molecule has 2 unspecified atom stereocenters. The molecular weight excluding hydrogens is 244 g/mol. The number of Topliss-reactive ketones (excluding diaryl/α,β-unsaturated/α-hetero) is 1. The van der Waals surface area contributed by atoms with Gasteiger partial charge in [0.2, 0.25) is 0 Å². The Hall–Kier alpha value is -0.330. The molecule has 0 rings (SSSR count). The largest absolute Gasteiger partial charge is 0.300 e. The van der Waals surface area contributed by atoms with Crippen LogP contribution < -0.4 is 0 Å². The van der Waals surface area contributed by atoms with E-state index >= 15 is 0 Å². The number of carbonyl (C=O) groups excluding carboxylic acids is 1. The first-order valence-electron chi connectivity index (χ1n) is 9.11. The molecule has 0 aromatic rings. The van der Waals surface area contributed by atoms with Gasteiger partial charge in [-0.05, 0) is 31.1 Å². The predicted molar refractivity (Wildman–Crippen MR) is 90.1 cm³/mol. The molecule has 0 aliphatic rings. The summed E-state index contributed by atoms with van der Waals surface area (Å²) in [5.74, 6) is 2.26. The van der Waals surface area contributed by atoms with Gasteiger partial charge in [0.25, 0.3) is 0 Å². The van der Waals surface area contributed by atoms with Gasteiger partial charge in [0.05, 0.1) is 0 Å². The van der Waals surface area contributed by atoms with Gasteiger partial charge < -0.3 is 0 Å². The van der Waals surface area contributed by atoms with Crippen molar-refractivity contribution in [2.45, 2.75) is 105 Å². The normalized spacial score (nSPS) is 14.2.